The predicted octanol–water partition coefficient (Wildman–Crippen LogP) is 2.85. The zero-order valence-electron chi connectivity index (χ0n) is 10.7. The summed E-state index contributed by atoms with van der Waals surface area (Å²) in [5.74, 6) is 0. The van der Waals surface area contributed by atoms with Crippen molar-refractivity contribution in [3.8, 4) is 0 Å². The van der Waals surface area contributed by atoms with Crippen LogP contribution in [0.5, 0.6) is 0 Å². The van der Waals surface area contributed by atoms with E-state index in [1.807, 2.05) is 38.2 Å². The number of aryl methyl sites for hydroxylation is 2. The van der Waals surface area contributed by atoms with Crippen molar-refractivity contribution >= 4 is 28.7 Å². The van der Waals surface area contributed by atoms with Gasteiger partial charge in [-0.25, -0.2) is 0 Å². The van der Waals surface area contributed by atoms with Gasteiger partial charge in [-0.15, -0.1) is 0 Å². The Morgan fingerprint density at radius 1 is 1.17 bits per heavy atom. The van der Waals surface area contributed by atoms with Gasteiger partial charge in [-0.1, -0.05) is 17.7 Å². The molecule has 0 bridgehead atoms. The molecule has 0 fully saturated rings. The van der Waals surface area contributed by atoms with Crippen LogP contribution in [-0.2, 0) is 7.05 Å². The van der Waals surface area contributed by atoms with Gasteiger partial charge in [-0.2, -0.15) is 5.10 Å². The van der Waals surface area contributed by atoms with E-state index in [0.29, 0.717) is 5.11 Å². The maximum absolute atomic E-state index is 5.26. The molecule has 1 aromatic carbocycles. The number of benzene rings is 1. The summed E-state index contributed by atoms with van der Waals surface area (Å²) in [6, 6.07) is 8.08. The fourth-order valence-corrected chi connectivity index (χ4v) is 1.77. The van der Waals surface area contributed by atoms with Crippen molar-refractivity contribution in [3.63, 3.8) is 0 Å². The molecule has 1 heterocycles. The van der Waals surface area contributed by atoms with Crippen molar-refractivity contribution in [2.45, 2.75) is 13.8 Å². The monoisotopic (exact) mass is 260 g/mol. The van der Waals surface area contributed by atoms with Crippen LogP contribution in [0.25, 0.3) is 0 Å². The summed E-state index contributed by atoms with van der Waals surface area (Å²) >= 11 is 5.26. The molecular formula is C13H16N4S. The minimum atomic E-state index is 0.565. The first-order valence-corrected chi connectivity index (χ1v) is 6.10. The molecule has 0 aliphatic rings. The van der Waals surface area contributed by atoms with Crippen LogP contribution in [0.1, 0.15) is 11.3 Å². The number of nitrogens with zero attached hydrogens (tertiary/aromatic N) is 2. The summed E-state index contributed by atoms with van der Waals surface area (Å²) in [4.78, 5) is 0. The lowest BCUT2D eigenvalue weighted by Gasteiger charge is -2.10. The molecule has 94 valence electrons. The van der Waals surface area contributed by atoms with Gasteiger partial charge in [0.1, 0.15) is 0 Å². The average Bonchev–Trinajstić information content (AvgIpc) is 2.64. The van der Waals surface area contributed by atoms with E-state index in [0.717, 1.165) is 17.1 Å². The van der Waals surface area contributed by atoms with E-state index in [-0.39, 0.29) is 0 Å². The summed E-state index contributed by atoms with van der Waals surface area (Å²) in [5, 5.41) is 11.0. The van der Waals surface area contributed by atoms with Crippen LogP contribution in [0.3, 0.4) is 0 Å². The molecule has 0 aliphatic carbocycles. The molecule has 4 nitrogen and oxygen atoms in total. The SMILES string of the molecule is Cc1ccc(NC(=S)Nc2cnn(C)c2C)cc1. The van der Waals surface area contributed by atoms with E-state index in [2.05, 4.69) is 22.7 Å². The lowest BCUT2D eigenvalue weighted by atomic mass is 10.2. The molecular weight excluding hydrogens is 244 g/mol. The maximum atomic E-state index is 5.26. The van der Waals surface area contributed by atoms with Crippen molar-refractivity contribution < 1.29 is 0 Å². The van der Waals surface area contributed by atoms with E-state index in [9.17, 15) is 0 Å². The second-order valence-electron chi connectivity index (χ2n) is 4.21. The lowest BCUT2D eigenvalue weighted by molar-refractivity contribution is 0.740. The van der Waals surface area contributed by atoms with Gasteiger partial charge in [0.25, 0.3) is 0 Å². The van der Waals surface area contributed by atoms with E-state index in [1.165, 1.54) is 5.56 Å². The molecule has 0 atom stereocenters. The van der Waals surface area contributed by atoms with E-state index < -0.39 is 0 Å². The third kappa shape index (κ3) is 2.87. The highest BCUT2D eigenvalue weighted by molar-refractivity contribution is 7.80. The highest BCUT2D eigenvalue weighted by Gasteiger charge is 2.05. The second kappa shape index (κ2) is 5.18. The molecule has 2 N–H and O–H groups in total. The average molecular weight is 260 g/mol. The molecule has 1 aromatic heterocycles. The van der Waals surface area contributed by atoms with Gasteiger partial charge in [0.2, 0.25) is 0 Å². The van der Waals surface area contributed by atoms with Crippen LogP contribution >= 0.6 is 12.2 Å². The van der Waals surface area contributed by atoms with Gasteiger partial charge in [0.05, 0.1) is 17.6 Å². The Bertz CT molecular complexity index is 557. The van der Waals surface area contributed by atoms with Crippen LogP contribution in [0.2, 0.25) is 0 Å². The summed E-state index contributed by atoms with van der Waals surface area (Å²) in [6.07, 6.45) is 1.76. The first-order valence-electron chi connectivity index (χ1n) is 5.69. The van der Waals surface area contributed by atoms with E-state index >= 15 is 0 Å². The van der Waals surface area contributed by atoms with Crippen molar-refractivity contribution in [2.24, 2.45) is 7.05 Å². The van der Waals surface area contributed by atoms with Gasteiger partial charge < -0.3 is 10.6 Å². The minimum Gasteiger partial charge on any atom is -0.332 e. The quantitative estimate of drug-likeness (QED) is 0.815. The summed E-state index contributed by atoms with van der Waals surface area (Å²) < 4.78 is 1.80. The van der Waals surface area contributed by atoms with Gasteiger partial charge >= 0.3 is 0 Å². The van der Waals surface area contributed by atoms with Gasteiger partial charge in [-0.05, 0) is 38.2 Å². The zero-order valence-corrected chi connectivity index (χ0v) is 11.5. The molecule has 0 aliphatic heterocycles. The number of thiocarbonyl (C=S) groups is 1. The number of aromatic nitrogens is 2. The second-order valence-corrected chi connectivity index (χ2v) is 4.62. The van der Waals surface area contributed by atoms with E-state index in [4.69, 9.17) is 12.2 Å². The van der Waals surface area contributed by atoms with Crippen molar-refractivity contribution in [1.82, 2.24) is 9.78 Å². The van der Waals surface area contributed by atoms with E-state index in [1.54, 1.807) is 10.9 Å². The van der Waals surface area contributed by atoms with Gasteiger partial charge in [-0.3, -0.25) is 4.68 Å². The fourth-order valence-electron chi connectivity index (χ4n) is 1.54. The minimum absolute atomic E-state index is 0.565. The number of hydrogen-bond donors (Lipinski definition) is 2. The third-order valence-corrected chi connectivity index (χ3v) is 3.00. The molecule has 18 heavy (non-hydrogen) atoms. The number of rotatable bonds is 2. The standard InChI is InChI=1S/C13H16N4S/c1-9-4-6-11(7-5-9)15-13(18)16-12-8-14-17(3)10(12)2/h4-8H,1-3H3,(H2,15,16,18). The third-order valence-electron chi connectivity index (χ3n) is 2.79. The van der Waals surface area contributed by atoms with Crippen molar-refractivity contribution in [2.75, 3.05) is 10.6 Å². The number of hydrogen-bond acceptors (Lipinski definition) is 2. The van der Waals surface area contributed by atoms with Crippen LogP contribution in [-0.4, -0.2) is 14.9 Å². The van der Waals surface area contributed by atoms with Gasteiger partial charge in [0, 0.05) is 12.7 Å². The summed E-state index contributed by atoms with van der Waals surface area (Å²) in [5.41, 5.74) is 4.16. The Hall–Kier alpha value is -1.88. The van der Waals surface area contributed by atoms with Gasteiger partial charge in [0.15, 0.2) is 5.11 Å². The predicted molar refractivity (Wildman–Crippen MR) is 79.0 cm³/mol. The van der Waals surface area contributed by atoms with Crippen LogP contribution in [0, 0.1) is 13.8 Å². The maximum Gasteiger partial charge on any atom is 0.175 e. The Balaban J connectivity index is 2.01. The molecule has 0 spiro atoms. The van der Waals surface area contributed by atoms with Crippen LogP contribution in [0.4, 0.5) is 11.4 Å². The molecule has 2 rings (SSSR count). The lowest BCUT2D eigenvalue weighted by Crippen LogP contribution is -2.19. The summed E-state index contributed by atoms with van der Waals surface area (Å²) in [7, 11) is 1.90. The van der Waals surface area contributed by atoms with Crippen molar-refractivity contribution in [3.05, 3.63) is 41.7 Å². The number of nitrogens with one attached hydrogen (secondary N) is 2. The molecule has 0 radical (unpaired) electrons. The molecule has 0 amide bonds. The largest absolute Gasteiger partial charge is 0.332 e. The Kier molecular flexibility index (Phi) is 3.62. The Morgan fingerprint density at radius 3 is 2.39 bits per heavy atom. The van der Waals surface area contributed by atoms with Crippen LogP contribution in [0.15, 0.2) is 30.5 Å². The molecule has 2 aromatic rings. The fraction of sp³-hybridized carbons (Fsp3) is 0.231. The molecule has 0 saturated heterocycles. The highest BCUT2D eigenvalue weighted by atomic mass is 32.1. The molecule has 5 heteroatoms. The zero-order chi connectivity index (χ0) is 13.1. The molecule has 0 saturated carbocycles. The normalized spacial score (nSPS) is 10.2. The smallest absolute Gasteiger partial charge is 0.175 e. The first-order chi connectivity index (χ1) is 8.56. The summed E-state index contributed by atoms with van der Waals surface area (Å²) in [6.45, 7) is 4.04. The van der Waals surface area contributed by atoms with Crippen molar-refractivity contribution in [1.29, 1.82) is 0 Å². The topological polar surface area (TPSA) is 41.9 Å². The highest BCUT2D eigenvalue weighted by Crippen LogP contribution is 2.13. The molecule has 0 unspecified atom stereocenters. The number of anilines is 2. The Labute approximate surface area is 112 Å². The first kappa shape index (κ1) is 12.6. The van der Waals surface area contributed by atoms with Crippen LogP contribution < -0.4 is 10.6 Å². The Morgan fingerprint density at radius 2 is 1.83 bits per heavy atom.